The summed E-state index contributed by atoms with van der Waals surface area (Å²) in [7, 11) is -0.985. The maximum Gasteiger partial charge on any atom is 0.525 e. The molecule has 1 aromatic rings. The van der Waals surface area contributed by atoms with Crippen LogP contribution in [0.1, 0.15) is 33.3 Å². The number of hydrogen-bond donors (Lipinski definition) is 0. The van der Waals surface area contributed by atoms with Crippen molar-refractivity contribution in [2.24, 2.45) is 0 Å². The Labute approximate surface area is 149 Å². The second-order valence-electron chi connectivity index (χ2n) is 5.49. The number of hydrogen-bond acceptors (Lipinski definition) is 3. The molecule has 1 saturated heterocycles. The molecule has 0 unspecified atom stereocenters. The molecular weight excluding hydrogens is 480 g/mol. The fourth-order valence-corrected chi connectivity index (χ4v) is 5.15. The van der Waals surface area contributed by atoms with Gasteiger partial charge in [0.15, 0.2) is 0 Å². The van der Waals surface area contributed by atoms with Gasteiger partial charge >= 0.3 is 7.12 Å². The van der Waals surface area contributed by atoms with Crippen LogP contribution in [-0.4, -0.2) is 18.3 Å². The highest BCUT2D eigenvalue weighted by Crippen LogP contribution is 2.42. The minimum atomic E-state index is -0.985. The molecule has 0 radical (unpaired) electrons. The molecule has 1 aliphatic rings. The summed E-state index contributed by atoms with van der Waals surface area (Å²) < 4.78 is 27.9. The predicted octanol–water partition coefficient (Wildman–Crippen LogP) is 5.71. The van der Waals surface area contributed by atoms with E-state index in [2.05, 4.69) is 38.5 Å². The fraction of sp³-hybridized carbons (Fsp3) is 0.500. The lowest BCUT2D eigenvalue weighted by atomic mass is 9.87. The average Bonchev–Trinajstić information content (AvgIpc) is 2.66. The molecule has 0 spiro atoms. The van der Waals surface area contributed by atoms with Crippen molar-refractivity contribution < 1.29 is 13.7 Å². The molecule has 110 valence electrons. The van der Waals surface area contributed by atoms with Gasteiger partial charge in [0.1, 0.15) is 10.1 Å². The van der Waals surface area contributed by atoms with Crippen molar-refractivity contribution in [2.45, 2.75) is 38.9 Å². The van der Waals surface area contributed by atoms with Crippen LogP contribution in [0.2, 0.25) is 4.34 Å². The topological polar surface area (TPSA) is 18.5 Å². The molecule has 0 aromatic carbocycles. The lowest BCUT2D eigenvalue weighted by Gasteiger charge is -2.32. The summed E-state index contributed by atoms with van der Waals surface area (Å²) in [4.78, 5) is 0. The second kappa shape index (κ2) is 5.81. The van der Waals surface area contributed by atoms with Crippen LogP contribution < -0.4 is 0 Å². The van der Waals surface area contributed by atoms with Gasteiger partial charge in [0.2, 0.25) is 0 Å². The van der Waals surface area contributed by atoms with Crippen LogP contribution in [0.3, 0.4) is 0 Å². The molecule has 8 heteroatoms. The lowest BCUT2D eigenvalue weighted by molar-refractivity contribution is 0.00578. The first-order chi connectivity index (χ1) is 9.05. The van der Waals surface area contributed by atoms with Gasteiger partial charge in [-0.1, -0.05) is 11.6 Å². The smallest absolute Gasteiger partial charge is 0.398 e. The highest BCUT2D eigenvalue weighted by molar-refractivity contribution is 14.1. The summed E-state index contributed by atoms with van der Waals surface area (Å²) in [5.74, 6) is 0. The maximum absolute atomic E-state index is 14.4. The van der Waals surface area contributed by atoms with Crippen LogP contribution in [0, 0.1) is 2.88 Å². The Hall–Kier alpha value is 0.855. The summed E-state index contributed by atoms with van der Waals surface area (Å²) >= 11 is 12.9. The van der Waals surface area contributed by atoms with Crippen molar-refractivity contribution >= 4 is 74.7 Å². The average molecular weight is 493 g/mol. The van der Waals surface area contributed by atoms with E-state index in [0.29, 0.717) is 14.4 Å². The summed E-state index contributed by atoms with van der Waals surface area (Å²) in [6.07, 6.45) is 1.41. The number of halogens is 4. The molecule has 0 atom stereocenters. The second-order valence-corrected chi connectivity index (χ2v) is 9.72. The Kier molecular flexibility index (Phi) is 5.00. The van der Waals surface area contributed by atoms with E-state index in [1.54, 1.807) is 0 Å². The quantitative estimate of drug-likeness (QED) is 0.388. The van der Waals surface area contributed by atoms with E-state index in [0.717, 1.165) is 2.88 Å². The van der Waals surface area contributed by atoms with Gasteiger partial charge in [-0.25, -0.2) is 4.39 Å². The van der Waals surface area contributed by atoms with E-state index in [4.69, 9.17) is 20.9 Å². The van der Waals surface area contributed by atoms with Gasteiger partial charge in [-0.05, 0) is 72.3 Å². The summed E-state index contributed by atoms with van der Waals surface area (Å²) in [5.41, 5.74) is -0.858. The third-order valence-electron chi connectivity index (χ3n) is 3.56. The normalized spacial score (nSPS) is 21.6. The van der Waals surface area contributed by atoms with Crippen LogP contribution in [0.25, 0.3) is 6.08 Å². The predicted molar refractivity (Wildman–Crippen MR) is 94.9 cm³/mol. The first-order valence-electron chi connectivity index (χ1n) is 5.91. The van der Waals surface area contributed by atoms with E-state index in [-0.39, 0.29) is 0 Å². The molecule has 0 saturated carbocycles. The van der Waals surface area contributed by atoms with Crippen molar-refractivity contribution in [3.63, 3.8) is 0 Å². The molecule has 2 heterocycles. The molecule has 2 rings (SSSR count). The zero-order valence-electron chi connectivity index (χ0n) is 11.4. The third-order valence-corrected chi connectivity index (χ3v) is 7.32. The van der Waals surface area contributed by atoms with Gasteiger partial charge in [-0.2, -0.15) is 0 Å². The first-order valence-corrected chi connectivity index (χ1v) is 8.98. The molecule has 0 aliphatic carbocycles. The first kappa shape index (κ1) is 17.2. The van der Waals surface area contributed by atoms with Crippen LogP contribution in [0.4, 0.5) is 4.39 Å². The van der Waals surface area contributed by atoms with Gasteiger partial charge in [0, 0.05) is 5.56 Å². The van der Waals surface area contributed by atoms with Crippen LogP contribution in [-0.2, 0) is 9.31 Å². The Balaban J connectivity index is 2.29. The lowest BCUT2D eigenvalue weighted by Crippen LogP contribution is -2.41. The molecule has 0 amide bonds. The molecule has 0 N–H and O–H groups in total. The molecule has 1 aliphatic heterocycles. The minimum absolute atomic E-state index is 0.461. The molecule has 0 bridgehead atoms. The summed E-state index contributed by atoms with van der Waals surface area (Å²) in [6.45, 7) is 7.56. The van der Waals surface area contributed by atoms with Gasteiger partial charge in [0.05, 0.1) is 18.6 Å². The molecule has 20 heavy (non-hydrogen) atoms. The minimum Gasteiger partial charge on any atom is -0.398 e. The fourth-order valence-electron chi connectivity index (χ4n) is 1.65. The molecular formula is C12H13BBrClFIO2S. The van der Waals surface area contributed by atoms with E-state index < -0.39 is 24.0 Å². The molecule has 1 fully saturated rings. The van der Waals surface area contributed by atoms with E-state index in [1.807, 2.05) is 27.7 Å². The summed E-state index contributed by atoms with van der Waals surface area (Å²) in [6, 6.07) is 0. The zero-order chi connectivity index (χ0) is 15.3. The van der Waals surface area contributed by atoms with Crippen LogP contribution in [0.5, 0.6) is 0 Å². The van der Waals surface area contributed by atoms with Gasteiger partial charge in [-0.3, -0.25) is 0 Å². The van der Waals surface area contributed by atoms with E-state index in [1.165, 1.54) is 17.4 Å². The zero-order valence-corrected chi connectivity index (χ0v) is 16.7. The summed E-state index contributed by atoms with van der Waals surface area (Å²) in [5, 5.41) is 0. The van der Waals surface area contributed by atoms with Crippen molar-refractivity contribution in [3.05, 3.63) is 23.0 Å². The van der Waals surface area contributed by atoms with E-state index >= 15 is 0 Å². The SMILES string of the molecule is CC1(C)OB(C(F)=Cc2c(I)sc(Cl)c2Br)OC1(C)C. The van der Waals surface area contributed by atoms with Gasteiger partial charge in [0.25, 0.3) is 0 Å². The highest BCUT2D eigenvalue weighted by Gasteiger charge is 2.53. The van der Waals surface area contributed by atoms with Crippen molar-refractivity contribution in [2.75, 3.05) is 0 Å². The van der Waals surface area contributed by atoms with Crippen molar-refractivity contribution in [1.82, 2.24) is 0 Å². The number of thiophene rings is 1. The van der Waals surface area contributed by atoms with Crippen molar-refractivity contribution in [1.29, 1.82) is 0 Å². The largest absolute Gasteiger partial charge is 0.525 e. The van der Waals surface area contributed by atoms with Crippen molar-refractivity contribution in [3.8, 4) is 0 Å². The van der Waals surface area contributed by atoms with Crippen LogP contribution >= 0.6 is 61.5 Å². The Bertz CT molecular complexity index is 560. The Morgan fingerprint density at radius 1 is 1.35 bits per heavy atom. The highest BCUT2D eigenvalue weighted by atomic mass is 127. The van der Waals surface area contributed by atoms with E-state index in [9.17, 15) is 4.39 Å². The van der Waals surface area contributed by atoms with Gasteiger partial charge in [-0.15, -0.1) is 11.3 Å². The maximum atomic E-state index is 14.4. The molecule has 1 aromatic heterocycles. The monoisotopic (exact) mass is 492 g/mol. The third kappa shape index (κ3) is 3.13. The molecule has 2 nitrogen and oxygen atoms in total. The number of rotatable bonds is 2. The van der Waals surface area contributed by atoms with Crippen LogP contribution in [0.15, 0.2) is 10.2 Å². The standard InChI is InChI=1S/C12H13BBrClFIO2S/c1-11(2)12(3,4)19-13(18-11)7(16)5-6-8(14)9(15)20-10(6)17/h5H,1-4H3. The van der Waals surface area contributed by atoms with Gasteiger partial charge < -0.3 is 9.31 Å². The Morgan fingerprint density at radius 2 is 1.85 bits per heavy atom. The Morgan fingerprint density at radius 3 is 2.25 bits per heavy atom.